The van der Waals surface area contributed by atoms with Gasteiger partial charge in [-0.3, -0.25) is 0 Å². The molecular formula is C14H24N4. The first kappa shape index (κ1) is 13.1. The highest BCUT2D eigenvalue weighted by atomic mass is 15.2. The van der Waals surface area contributed by atoms with Crippen LogP contribution in [-0.2, 0) is 6.42 Å². The van der Waals surface area contributed by atoms with Gasteiger partial charge in [-0.05, 0) is 32.1 Å². The van der Waals surface area contributed by atoms with Gasteiger partial charge in [-0.25, -0.2) is 9.97 Å². The molecule has 4 heteroatoms. The van der Waals surface area contributed by atoms with Crippen LogP contribution < -0.4 is 10.6 Å². The highest BCUT2D eigenvalue weighted by molar-refractivity contribution is 5.56. The van der Waals surface area contributed by atoms with Crippen LogP contribution in [0.4, 0.5) is 11.6 Å². The van der Waals surface area contributed by atoms with Gasteiger partial charge in [-0.15, -0.1) is 0 Å². The van der Waals surface area contributed by atoms with Gasteiger partial charge in [-0.1, -0.05) is 13.8 Å². The average Bonchev–Trinajstić information content (AvgIpc) is 2.35. The zero-order valence-electron chi connectivity index (χ0n) is 11.7. The molecule has 1 aliphatic heterocycles. The fraction of sp³-hybridized carbons (Fsp3) is 0.714. The monoisotopic (exact) mass is 248 g/mol. The summed E-state index contributed by atoms with van der Waals surface area (Å²) in [5.41, 5.74) is 7.04. The highest BCUT2D eigenvalue weighted by Crippen LogP contribution is 2.26. The number of anilines is 2. The van der Waals surface area contributed by atoms with Crippen LogP contribution in [-0.4, -0.2) is 23.1 Å². The highest BCUT2D eigenvalue weighted by Gasteiger charge is 2.20. The molecule has 100 valence electrons. The Morgan fingerprint density at radius 3 is 2.56 bits per heavy atom. The molecule has 0 aromatic carbocycles. The van der Waals surface area contributed by atoms with Crippen LogP contribution >= 0.6 is 0 Å². The lowest BCUT2D eigenvalue weighted by Crippen LogP contribution is -2.34. The summed E-state index contributed by atoms with van der Waals surface area (Å²) >= 11 is 0. The Kier molecular flexibility index (Phi) is 4.04. The van der Waals surface area contributed by atoms with Crippen molar-refractivity contribution in [1.29, 1.82) is 0 Å². The van der Waals surface area contributed by atoms with Crippen LogP contribution in [0.2, 0.25) is 0 Å². The summed E-state index contributed by atoms with van der Waals surface area (Å²) in [5.74, 6) is 3.41. The number of nitrogen functional groups attached to an aromatic ring is 1. The van der Waals surface area contributed by atoms with E-state index in [9.17, 15) is 0 Å². The molecule has 0 radical (unpaired) electrons. The Labute approximate surface area is 110 Å². The van der Waals surface area contributed by atoms with E-state index in [4.69, 9.17) is 10.7 Å². The Hall–Kier alpha value is -1.32. The molecule has 18 heavy (non-hydrogen) atoms. The van der Waals surface area contributed by atoms with E-state index in [1.54, 1.807) is 0 Å². The maximum atomic E-state index is 6.01. The SMILES string of the molecule is CCCc1nc(N)c(C)c(N2CCC(C)CC2)n1. The topological polar surface area (TPSA) is 55.0 Å². The second-order valence-corrected chi connectivity index (χ2v) is 5.39. The molecule has 1 fully saturated rings. The van der Waals surface area contributed by atoms with Gasteiger partial charge in [-0.2, -0.15) is 0 Å². The molecule has 0 amide bonds. The van der Waals surface area contributed by atoms with Crippen LogP contribution in [0.25, 0.3) is 0 Å². The van der Waals surface area contributed by atoms with Gasteiger partial charge in [0, 0.05) is 25.1 Å². The number of rotatable bonds is 3. The summed E-state index contributed by atoms with van der Waals surface area (Å²) < 4.78 is 0. The molecule has 1 saturated heterocycles. The van der Waals surface area contributed by atoms with Gasteiger partial charge in [0.1, 0.15) is 17.5 Å². The van der Waals surface area contributed by atoms with Crippen molar-refractivity contribution in [2.45, 2.75) is 46.5 Å². The van der Waals surface area contributed by atoms with Crippen molar-refractivity contribution in [1.82, 2.24) is 9.97 Å². The summed E-state index contributed by atoms with van der Waals surface area (Å²) in [6.07, 6.45) is 4.44. The quantitative estimate of drug-likeness (QED) is 0.893. The summed E-state index contributed by atoms with van der Waals surface area (Å²) in [4.78, 5) is 11.4. The summed E-state index contributed by atoms with van der Waals surface area (Å²) in [5, 5.41) is 0. The predicted molar refractivity (Wildman–Crippen MR) is 75.8 cm³/mol. The van der Waals surface area contributed by atoms with Crippen LogP contribution in [0.15, 0.2) is 0 Å². The van der Waals surface area contributed by atoms with Crippen molar-refractivity contribution in [3.05, 3.63) is 11.4 Å². The van der Waals surface area contributed by atoms with Crippen molar-refractivity contribution in [2.75, 3.05) is 23.7 Å². The first-order chi connectivity index (χ1) is 8.61. The van der Waals surface area contributed by atoms with E-state index < -0.39 is 0 Å². The maximum absolute atomic E-state index is 6.01. The summed E-state index contributed by atoms with van der Waals surface area (Å²) in [7, 11) is 0. The fourth-order valence-corrected chi connectivity index (χ4v) is 2.43. The zero-order valence-corrected chi connectivity index (χ0v) is 11.7. The van der Waals surface area contributed by atoms with Gasteiger partial charge in [0.15, 0.2) is 0 Å². The zero-order chi connectivity index (χ0) is 13.1. The van der Waals surface area contributed by atoms with Gasteiger partial charge in [0.05, 0.1) is 0 Å². The fourth-order valence-electron chi connectivity index (χ4n) is 2.43. The van der Waals surface area contributed by atoms with Gasteiger partial charge in [0.2, 0.25) is 0 Å². The van der Waals surface area contributed by atoms with E-state index in [-0.39, 0.29) is 0 Å². The van der Waals surface area contributed by atoms with Crippen molar-refractivity contribution < 1.29 is 0 Å². The average molecular weight is 248 g/mol. The Morgan fingerprint density at radius 2 is 1.94 bits per heavy atom. The molecule has 0 saturated carbocycles. The third-order valence-corrected chi connectivity index (χ3v) is 3.76. The number of nitrogens with zero attached hydrogens (tertiary/aromatic N) is 3. The first-order valence-electron chi connectivity index (χ1n) is 6.99. The smallest absolute Gasteiger partial charge is 0.137 e. The van der Waals surface area contributed by atoms with Crippen molar-refractivity contribution in [2.24, 2.45) is 5.92 Å². The molecule has 0 unspecified atom stereocenters. The van der Waals surface area contributed by atoms with E-state index in [2.05, 4.69) is 23.7 Å². The standard InChI is InChI=1S/C14H24N4/c1-4-5-12-16-13(15)11(3)14(17-12)18-8-6-10(2)7-9-18/h10H,4-9H2,1-3H3,(H2,15,16,17). The normalized spacial score (nSPS) is 17.2. The largest absolute Gasteiger partial charge is 0.383 e. The third kappa shape index (κ3) is 2.74. The number of hydrogen-bond acceptors (Lipinski definition) is 4. The number of nitrogens with two attached hydrogens (primary N) is 1. The van der Waals surface area contributed by atoms with E-state index in [1.165, 1.54) is 12.8 Å². The Balaban J connectivity index is 2.25. The maximum Gasteiger partial charge on any atom is 0.137 e. The molecule has 2 N–H and O–H groups in total. The molecule has 1 aliphatic rings. The minimum Gasteiger partial charge on any atom is -0.383 e. The predicted octanol–water partition coefficient (Wildman–Crippen LogP) is 2.56. The lowest BCUT2D eigenvalue weighted by atomic mass is 9.99. The molecule has 1 aromatic heterocycles. The second kappa shape index (κ2) is 5.55. The summed E-state index contributed by atoms with van der Waals surface area (Å²) in [6.45, 7) is 8.66. The van der Waals surface area contributed by atoms with Crippen molar-refractivity contribution >= 4 is 11.6 Å². The third-order valence-electron chi connectivity index (χ3n) is 3.76. The summed E-state index contributed by atoms with van der Waals surface area (Å²) in [6, 6.07) is 0. The van der Waals surface area contributed by atoms with E-state index in [0.717, 1.165) is 49.1 Å². The molecule has 0 atom stereocenters. The molecule has 1 aromatic rings. The molecule has 2 rings (SSSR count). The van der Waals surface area contributed by atoms with Crippen LogP contribution in [0.3, 0.4) is 0 Å². The van der Waals surface area contributed by atoms with Gasteiger partial charge < -0.3 is 10.6 Å². The first-order valence-corrected chi connectivity index (χ1v) is 6.99. The number of hydrogen-bond donors (Lipinski definition) is 1. The van der Waals surface area contributed by atoms with E-state index >= 15 is 0 Å². The molecule has 0 spiro atoms. The van der Waals surface area contributed by atoms with Crippen molar-refractivity contribution in [3.8, 4) is 0 Å². The number of piperidine rings is 1. The lowest BCUT2D eigenvalue weighted by molar-refractivity contribution is 0.436. The second-order valence-electron chi connectivity index (χ2n) is 5.39. The van der Waals surface area contributed by atoms with Crippen LogP contribution in [0, 0.1) is 12.8 Å². The van der Waals surface area contributed by atoms with E-state index in [0.29, 0.717) is 5.82 Å². The Morgan fingerprint density at radius 1 is 1.28 bits per heavy atom. The molecular weight excluding hydrogens is 224 g/mol. The molecule has 0 aliphatic carbocycles. The van der Waals surface area contributed by atoms with Crippen molar-refractivity contribution in [3.63, 3.8) is 0 Å². The molecule has 0 bridgehead atoms. The van der Waals surface area contributed by atoms with Gasteiger partial charge >= 0.3 is 0 Å². The molecule has 2 heterocycles. The molecule has 4 nitrogen and oxygen atoms in total. The minimum atomic E-state index is 0.641. The lowest BCUT2D eigenvalue weighted by Gasteiger charge is -2.32. The van der Waals surface area contributed by atoms with Crippen LogP contribution in [0.1, 0.15) is 44.5 Å². The van der Waals surface area contributed by atoms with E-state index in [1.807, 2.05) is 6.92 Å². The number of aryl methyl sites for hydroxylation is 1. The number of aromatic nitrogens is 2. The van der Waals surface area contributed by atoms with Crippen LogP contribution in [0.5, 0.6) is 0 Å². The van der Waals surface area contributed by atoms with Gasteiger partial charge in [0.25, 0.3) is 0 Å². The minimum absolute atomic E-state index is 0.641. The Bertz CT molecular complexity index is 409.